The largest absolute Gasteiger partial charge is 0.349 e. The Morgan fingerprint density at radius 3 is 2.88 bits per heavy atom. The standard InChI is InChI=1S/C11H11N5/c1-8-7-15(2)9-3-4-10(13-11(8)9)16-6-5-12-14-16/h3-7H,1-2H3. The molecule has 0 bridgehead atoms. The van der Waals surface area contributed by atoms with Gasteiger partial charge in [-0.05, 0) is 24.6 Å². The molecule has 5 nitrogen and oxygen atoms in total. The molecule has 16 heavy (non-hydrogen) atoms. The van der Waals surface area contributed by atoms with Crippen LogP contribution in [0.25, 0.3) is 16.9 Å². The van der Waals surface area contributed by atoms with E-state index in [9.17, 15) is 0 Å². The summed E-state index contributed by atoms with van der Waals surface area (Å²) in [6, 6.07) is 3.99. The number of rotatable bonds is 1. The number of pyridine rings is 1. The third kappa shape index (κ3) is 1.21. The molecule has 0 aliphatic heterocycles. The Bertz CT molecular complexity index is 636. The van der Waals surface area contributed by atoms with E-state index in [1.807, 2.05) is 19.2 Å². The molecule has 3 aromatic rings. The van der Waals surface area contributed by atoms with Crippen LogP contribution >= 0.6 is 0 Å². The number of nitrogens with zero attached hydrogens (tertiary/aromatic N) is 5. The molecule has 0 unspecified atom stereocenters. The summed E-state index contributed by atoms with van der Waals surface area (Å²) in [5.41, 5.74) is 3.30. The lowest BCUT2D eigenvalue weighted by molar-refractivity contribution is 0.784. The molecule has 80 valence electrons. The molecular formula is C11H11N5. The quantitative estimate of drug-likeness (QED) is 0.615. The summed E-state index contributed by atoms with van der Waals surface area (Å²) in [6.07, 6.45) is 5.50. The molecule has 0 radical (unpaired) electrons. The fraction of sp³-hybridized carbons (Fsp3) is 0.182. The monoisotopic (exact) mass is 213 g/mol. The van der Waals surface area contributed by atoms with Crippen LogP contribution in [0.2, 0.25) is 0 Å². The Kier molecular flexibility index (Phi) is 1.80. The zero-order valence-corrected chi connectivity index (χ0v) is 9.12. The van der Waals surface area contributed by atoms with Crippen molar-refractivity contribution in [3.8, 4) is 5.82 Å². The fourth-order valence-corrected chi connectivity index (χ4v) is 1.90. The molecule has 0 saturated heterocycles. The third-order valence-electron chi connectivity index (χ3n) is 2.66. The predicted molar refractivity (Wildman–Crippen MR) is 60.4 cm³/mol. The minimum absolute atomic E-state index is 0.791. The van der Waals surface area contributed by atoms with E-state index < -0.39 is 0 Å². The van der Waals surface area contributed by atoms with Gasteiger partial charge < -0.3 is 4.57 Å². The van der Waals surface area contributed by atoms with E-state index in [4.69, 9.17) is 0 Å². The van der Waals surface area contributed by atoms with Crippen LogP contribution in [0.15, 0.2) is 30.7 Å². The van der Waals surface area contributed by atoms with Crippen molar-refractivity contribution in [2.24, 2.45) is 7.05 Å². The Labute approximate surface area is 92.3 Å². The van der Waals surface area contributed by atoms with Crippen LogP contribution in [0.3, 0.4) is 0 Å². The average molecular weight is 213 g/mol. The van der Waals surface area contributed by atoms with Crippen molar-refractivity contribution in [2.45, 2.75) is 6.92 Å². The van der Waals surface area contributed by atoms with Crippen LogP contribution in [0.1, 0.15) is 5.56 Å². The third-order valence-corrected chi connectivity index (χ3v) is 2.66. The average Bonchev–Trinajstić information content (AvgIpc) is 2.88. The second kappa shape index (κ2) is 3.16. The molecule has 3 aromatic heterocycles. The minimum Gasteiger partial charge on any atom is -0.349 e. The van der Waals surface area contributed by atoms with Gasteiger partial charge in [0, 0.05) is 13.2 Å². The smallest absolute Gasteiger partial charge is 0.155 e. The first kappa shape index (κ1) is 9.08. The van der Waals surface area contributed by atoms with Crippen LogP contribution in [0.5, 0.6) is 0 Å². The molecule has 0 atom stereocenters. The molecule has 0 spiro atoms. The zero-order chi connectivity index (χ0) is 11.1. The van der Waals surface area contributed by atoms with Gasteiger partial charge in [-0.1, -0.05) is 5.21 Å². The first-order valence-corrected chi connectivity index (χ1v) is 5.05. The number of aryl methyl sites for hydroxylation is 2. The van der Waals surface area contributed by atoms with Crippen molar-refractivity contribution in [3.63, 3.8) is 0 Å². The van der Waals surface area contributed by atoms with Gasteiger partial charge in [-0.15, -0.1) is 5.10 Å². The van der Waals surface area contributed by atoms with Crippen LogP contribution in [-0.4, -0.2) is 24.5 Å². The molecule has 0 aliphatic rings. The molecule has 0 N–H and O–H groups in total. The molecule has 3 heterocycles. The first-order valence-electron chi connectivity index (χ1n) is 5.05. The van der Waals surface area contributed by atoms with Crippen molar-refractivity contribution in [3.05, 3.63) is 36.3 Å². The Morgan fingerprint density at radius 2 is 2.12 bits per heavy atom. The van der Waals surface area contributed by atoms with Gasteiger partial charge in [-0.25, -0.2) is 9.67 Å². The van der Waals surface area contributed by atoms with Gasteiger partial charge in [0.2, 0.25) is 0 Å². The molecule has 5 heteroatoms. The van der Waals surface area contributed by atoms with Gasteiger partial charge >= 0.3 is 0 Å². The highest BCUT2D eigenvalue weighted by atomic mass is 15.4. The maximum absolute atomic E-state index is 4.58. The molecule has 0 amide bonds. The molecular weight excluding hydrogens is 202 g/mol. The molecule has 0 saturated carbocycles. The Hall–Kier alpha value is -2.17. The van der Waals surface area contributed by atoms with Crippen LogP contribution in [-0.2, 0) is 7.05 Å². The first-order chi connectivity index (χ1) is 7.75. The normalized spacial score (nSPS) is 11.1. The number of aromatic nitrogens is 5. The summed E-state index contributed by atoms with van der Waals surface area (Å²) in [4.78, 5) is 4.58. The molecule has 3 rings (SSSR count). The summed E-state index contributed by atoms with van der Waals surface area (Å²) >= 11 is 0. The van der Waals surface area contributed by atoms with Gasteiger partial charge in [0.05, 0.1) is 23.4 Å². The van der Waals surface area contributed by atoms with E-state index in [2.05, 4.69) is 33.0 Å². The summed E-state index contributed by atoms with van der Waals surface area (Å²) in [5.74, 6) is 0.791. The number of hydrogen-bond acceptors (Lipinski definition) is 3. The summed E-state index contributed by atoms with van der Waals surface area (Å²) in [5, 5.41) is 7.70. The van der Waals surface area contributed by atoms with Gasteiger partial charge in [-0.3, -0.25) is 0 Å². The van der Waals surface area contributed by atoms with E-state index in [1.54, 1.807) is 17.1 Å². The Balaban J connectivity index is 2.27. The summed E-state index contributed by atoms with van der Waals surface area (Å²) in [6.45, 7) is 2.06. The molecule has 0 aromatic carbocycles. The summed E-state index contributed by atoms with van der Waals surface area (Å²) < 4.78 is 3.73. The van der Waals surface area contributed by atoms with Crippen LogP contribution in [0, 0.1) is 6.92 Å². The van der Waals surface area contributed by atoms with E-state index in [1.165, 1.54) is 5.56 Å². The van der Waals surface area contributed by atoms with Gasteiger partial charge in [0.25, 0.3) is 0 Å². The molecule has 0 aliphatic carbocycles. The topological polar surface area (TPSA) is 48.5 Å². The lowest BCUT2D eigenvalue weighted by atomic mass is 10.3. The van der Waals surface area contributed by atoms with E-state index in [0.29, 0.717) is 0 Å². The van der Waals surface area contributed by atoms with Crippen molar-refractivity contribution < 1.29 is 0 Å². The second-order valence-corrected chi connectivity index (χ2v) is 3.81. The molecule has 0 fully saturated rings. The van der Waals surface area contributed by atoms with Gasteiger partial charge in [-0.2, -0.15) is 0 Å². The highest BCUT2D eigenvalue weighted by Crippen LogP contribution is 2.18. The van der Waals surface area contributed by atoms with E-state index in [-0.39, 0.29) is 0 Å². The highest BCUT2D eigenvalue weighted by molar-refractivity contribution is 5.80. The van der Waals surface area contributed by atoms with Crippen molar-refractivity contribution in [1.82, 2.24) is 24.5 Å². The number of hydrogen-bond donors (Lipinski definition) is 0. The number of fused-ring (bicyclic) bond motifs is 1. The zero-order valence-electron chi connectivity index (χ0n) is 9.12. The van der Waals surface area contributed by atoms with Gasteiger partial charge in [0.15, 0.2) is 5.82 Å². The fourth-order valence-electron chi connectivity index (χ4n) is 1.90. The van der Waals surface area contributed by atoms with Crippen molar-refractivity contribution in [1.29, 1.82) is 0 Å². The second-order valence-electron chi connectivity index (χ2n) is 3.81. The summed E-state index contributed by atoms with van der Waals surface area (Å²) in [7, 11) is 2.02. The van der Waals surface area contributed by atoms with Crippen LogP contribution in [0.4, 0.5) is 0 Å². The predicted octanol–water partition coefficient (Wildman–Crippen LogP) is 1.46. The van der Waals surface area contributed by atoms with Crippen LogP contribution < -0.4 is 0 Å². The SMILES string of the molecule is Cc1cn(C)c2ccc(-n3ccnn3)nc12. The Morgan fingerprint density at radius 1 is 1.25 bits per heavy atom. The lowest BCUT2D eigenvalue weighted by Crippen LogP contribution is -1.98. The maximum atomic E-state index is 4.58. The van der Waals surface area contributed by atoms with Crippen molar-refractivity contribution in [2.75, 3.05) is 0 Å². The maximum Gasteiger partial charge on any atom is 0.155 e. The highest BCUT2D eigenvalue weighted by Gasteiger charge is 2.06. The minimum atomic E-state index is 0.791. The van der Waals surface area contributed by atoms with Gasteiger partial charge in [0.1, 0.15) is 0 Å². The van der Waals surface area contributed by atoms with E-state index >= 15 is 0 Å². The van der Waals surface area contributed by atoms with E-state index in [0.717, 1.165) is 16.9 Å². The lowest BCUT2D eigenvalue weighted by Gasteiger charge is -2.00. The van der Waals surface area contributed by atoms with Crippen molar-refractivity contribution >= 4 is 11.0 Å².